The zero-order chi connectivity index (χ0) is 20.3. The van der Waals surface area contributed by atoms with Gasteiger partial charge in [0.15, 0.2) is 0 Å². The van der Waals surface area contributed by atoms with E-state index < -0.39 is 0 Å². The summed E-state index contributed by atoms with van der Waals surface area (Å²) in [6.45, 7) is 4.47. The average Bonchev–Trinajstić information content (AvgIpc) is 3.12. The molecular formula is C27H29N3. The van der Waals surface area contributed by atoms with Gasteiger partial charge in [0, 0.05) is 34.6 Å². The molecule has 4 aromatic rings. The summed E-state index contributed by atoms with van der Waals surface area (Å²) in [4.78, 5) is 10.6. The van der Waals surface area contributed by atoms with Crippen LogP contribution in [-0.2, 0) is 6.42 Å². The molecule has 5 rings (SSSR count). The van der Waals surface area contributed by atoms with Gasteiger partial charge < -0.3 is 4.98 Å². The van der Waals surface area contributed by atoms with Crippen LogP contribution in [0.1, 0.15) is 41.3 Å². The number of nitrogens with zero attached hydrogens (tertiary/aromatic N) is 2. The van der Waals surface area contributed by atoms with E-state index in [4.69, 9.17) is 0 Å². The first-order chi connectivity index (χ1) is 14.8. The number of aromatic amines is 1. The monoisotopic (exact) mass is 395 g/mol. The first-order valence-electron chi connectivity index (χ1n) is 11.0. The third-order valence-electron chi connectivity index (χ3n) is 6.62. The first-order valence-corrected chi connectivity index (χ1v) is 11.0. The highest BCUT2D eigenvalue weighted by Crippen LogP contribution is 2.38. The van der Waals surface area contributed by atoms with Crippen LogP contribution in [0.2, 0.25) is 0 Å². The molecule has 3 heteroatoms. The first kappa shape index (κ1) is 19.1. The lowest BCUT2D eigenvalue weighted by atomic mass is 9.87. The summed E-state index contributed by atoms with van der Waals surface area (Å²) in [5.41, 5.74) is 6.71. The molecule has 2 aromatic carbocycles. The number of aromatic nitrogens is 2. The fourth-order valence-corrected chi connectivity index (χ4v) is 5.12. The summed E-state index contributed by atoms with van der Waals surface area (Å²) in [5.74, 6) is 0.769. The van der Waals surface area contributed by atoms with Gasteiger partial charge in [0.2, 0.25) is 0 Å². The van der Waals surface area contributed by atoms with Crippen molar-refractivity contribution in [3.63, 3.8) is 0 Å². The highest BCUT2D eigenvalue weighted by Gasteiger charge is 2.30. The highest BCUT2D eigenvalue weighted by molar-refractivity contribution is 5.85. The fourth-order valence-electron chi connectivity index (χ4n) is 5.12. The van der Waals surface area contributed by atoms with Crippen molar-refractivity contribution in [3.05, 3.63) is 102 Å². The van der Waals surface area contributed by atoms with Gasteiger partial charge in [-0.1, -0.05) is 48.5 Å². The van der Waals surface area contributed by atoms with E-state index in [0.29, 0.717) is 0 Å². The van der Waals surface area contributed by atoms with Crippen molar-refractivity contribution < 1.29 is 0 Å². The summed E-state index contributed by atoms with van der Waals surface area (Å²) in [6.07, 6.45) is 7.54. The maximum absolute atomic E-state index is 4.27. The lowest BCUT2D eigenvalue weighted by Crippen LogP contribution is -2.38. The number of piperidine rings is 1. The maximum Gasteiger partial charge on any atom is 0.0626 e. The number of para-hydroxylation sites is 1. The molecule has 0 amide bonds. The molecule has 0 spiro atoms. The minimum Gasteiger partial charge on any atom is -0.358 e. The van der Waals surface area contributed by atoms with Crippen LogP contribution in [0.15, 0.2) is 79.1 Å². The summed E-state index contributed by atoms with van der Waals surface area (Å²) in [5, 5.41) is 1.34. The molecule has 1 aliphatic rings. The molecule has 0 bridgehead atoms. The number of likely N-dealkylation sites (tertiary alicyclic amines) is 1. The Labute approximate surface area is 178 Å². The zero-order valence-electron chi connectivity index (χ0n) is 17.6. The number of fused-ring (bicyclic) bond motifs is 1. The number of pyridine rings is 1. The molecule has 1 saturated heterocycles. The molecule has 1 atom stereocenters. The van der Waals surface area contributed by atoms with Crippen LogP contribution in [0.4, 0.5) is 0 Å². The number of hydrogen-bond acceptors (Lipinski definition) is 2. The smallest absolute Gasteiger partial charge is 0.0626 e. The van der Waals surface area contributed by atoms with E-state index in [1.165, 1.54) is 52.5 Å². The van der Waals surface area contributed by atoms with E-state index in [1.54, 1.807) is 0 Å². The normalized spacial score (nSPS) is 16.7. The molecule has 1 fully saturated rings. The van der Waals surface area contributed by atoms with Crippen molar-refractivity contribution in [3.8, 4) is 0 Å². The molecule has 0 radical (unpaired) electrons. The lowest BCUT2D eigenvalue weighted by molar-refractivity contribution is 0.151. The average molecular weight is 396 g/mol. The van der Waals surface area contributed by atoms with Crippen LogP contribution < -0.4 is 0 Å². The van der Waals surface area contributed by atoms with Crippen LogP contribution in [0.25, 0.3) is 10.9 Å². The molecule has 0 unspecified atom stereocenters. The Kier molecular flexibility index (Phi) is 5.37. The van der Waals surface area contributed by atoms with E-state index in [0.717, 1.165) is 19.0 Å². The van der Waals surface area contributed by atoms with E-state index in [2.05, 4.69) is 88.5 Å². The van der Waals surface area contributed by atoms with Crippen molar-refractivity contribution >= 4 is 10.9 Å². The van der Waals surface area contributed by atoms with Crippen LogP contribution in [0.3, 0.4) is 0 Å². The molecule has 3 nitrogen and oxygen atoms in total. The molecule has 1 N–H and O–H groups in total. The molecule has 0 aliphatic carbocycles. The van der Waals surface area contributed by atoms with Crippen molar-refractivity contribution in [2.45, 2.75) is 32.2 Å². The van der Waals surface area contributed by atoms with Gasteiger partial charge in [-0.15, -0.1) is 0 Å². The summed E-state index contributed by atoms with van der Waals surface area (Å²) < 4.78 is 0. The van der Waals surface area contributed by atoms with Crippen molar-refractivity contribution in [2.75, 3.05) is 13.1 Å². The number of H-pyrrole nitrogens is 1. The van der Waals surface area contributed by atoms with Crippen molar-refractivity contribution in [1.82, 2.24) is 14.9 Å². The Bertz CT molecular complexity index is 1090. The fraction of sp³-hybridized carbons (Fsp3) is 0.296. The quantitative estimate of drug-likeness (QED) is 0.455. The summed E-state index contributed by atoms with van der Waals surface area (Å²) in [6, 6.07) is 24.3. The van der Waals surface area contributed by atoms with Gasteiger partial charge in [0.1, 0.15) is 0 Å². The molecule has 3 heterocycles. The number of rotatable bonds is 5. The van der Waals surface area contributed by atoms with E-state index >= 15 is 0 Å². The Balaban J connectivity index is 1.43. The van der Waals surface area contributed by atoms with Crippen LogP contribution in [0, 0.1) is 12.8 Å². The molecule has 30 heavy (non-hydrogen) atoms. The second kappa shape index (κ2) is 8.45. The van der Waals surface area contributed by atoms with Gasteiger partial charge in [-0.2, -0.15) is 0 Å². The third-order valence-corrected chi connectivity index (χ3v) is 6.62. The maximum atomic E-state index is 4.27. The number of nitrogens with one attached hydrogen (secondary N) is 1. The van der Waals surface area contributed by atoms with Gasteiger partial charge in [0.05, 0.1) is 6.04 Å². The SMILES string of the molecule is Cc1[nH]c2ccccc2c1[C@H](c1ccncc1)N1CCC(Cc2ccccc2)CC1. The van der Waals surface area contributed by atoms with Gasteiger partial charge in [-0.3, -0.25) is 9.88 Å². The highest BCUT2D eigenvalue weighted by atomic mass is 15.2. The lowest BCUT2D eigenvalue weighted by Gasteiger charge is -2.38. The van der Waals surface area contributed by atoms with Crippen LogP contribution >= 0.6 is 0 Å². The van der Waals surface area contributed by atoms with Crippen molar-refractivity contribution in [1.29, 1.82) is 0 Å². The number of hydrogen-bond donors (Lipinski definition) is 1. The topological polar surface area (TPSA) is 31.9 Å². The predicted molar refractivity (Wildman–Crippen MR) is 124 cm³/mol. The van der Waals surface area contributed by atoms with Crippen LogP contribution in [-0.4, -0.2) is 28.0 Å². The number of benzene rings is 2. The molecular weight excluding hydrogens is 366 g/mol. The predicted octanol–water partition coefficient (Wildman–Crippen LogP) is 5.92. The van der Waals surface area contributed by atoms with Crippen LogP contribution in [0.5, 0.6) is 0 Å². The Morgan fingerprint density at radius 1 is 0.933 bits per heavy atom. The van der Waals surface area contributed by atoms with E-state index in [-0.39, 0.29) is 6.04 Å². The second-order valence-corrected chi connectivity index (χ2v) is 8.56. The van der Waals surface area contributed by atoms with Gasteiger partial charge in [0.25, 0.3) is 0 Å². The zero-order valence-corrected chi connectivity index (χ0v) is 17.6. The molecule has 1 aliphatic heterocycles. The largest absolute Gasteiger partial charge is 0.358 e. The van der Waals surface area contributed by atoms with E-state index in [9.17, 15) is 0 Å². The Morgan fingerprint density at radius 3 is 2.40 bits per heavy atom. The molecule has 2 aromatic heterocycles. The van der Waals surface area contributed by atoms with Gasteiger partial charge in [-0.05, 0) is 74.5 Å². The summed E-state index contributed by atoms with van der Waals surface area (Å²) >= 11 is 0. The standard InChI is InChI=1S/C27H29N3/c1-20-26(24-9-5-6-10-25(24)29-20)27(23-11-15-28-16-12-23)30-17-13-22(14-18-30)19-21-7-3-2-4-8-21/h2-12,15-16,22,27,29H,13-14,17-19H2,1H3/t27-/m0/s1. The van der Waals surface area contributed by atoms with Gasteiger partial charge in [-0.25, -0.2) is 0 Å². The van der Waals surface area contributed by atoms with Gasteiger partial charge >= 0.3 is 0 Å². The minimum absolute atomic E-state index is 0.266. The molecule has 152 valence electrons. The minimum atomic E-state index is 0.266. The molecule has 0 saturated carbocycles. The number of aryl methyl sites for hydroxylation is 1. The Hall–Kier alpha value is -2.91. The van der Waals surface area contributed by atoms with Crippen molar-refractivity contribution in [2.24, 2.45) is 5.92 Å². The van der Waals surface area contributed by atoms with E-state index in [1.807, 2.05) is 12.4 Å². The second-order valence-electron chi connectivity index (χ2n) is 8.56. The third kappa shape index (κ3) is 3.78. The Morgan fingerprint density at radius 2 is 1.63 bits per heavy atom. The summed E-state index contributed by atoms with van der Waals surface area (Å²) in [7, 11) is 0.